The zero-order chi connectivity index (χ0) is 5.86. The molecule has 1 atom stereocenters. The van der Waals surface area contributed by atoms with Crippen LogP contribution in [-0.4, -0.2) is 11.7 Å². The number of carbonyl (C=O) groups excluding carboxylic acids is 1. The first kappa shape index (κ1) is 6.82. The minimum atomic E-state index is -1.03. The van der Waals surface area contributed by atoms with Gasteiger partial charge < -0.3 is 9.90 Å². The molecule has 0 aromatic carbocycles. The summed E-state index contributed by atoms with van der Waals surface area (Å²) in [7, 11) is 0. The second-order valence-electron chi connectivity index (χ2n) is 1.40. The Morgan fingerprint density at radius 3 is 2.43 bits per heavy atom. The quantitative estimate of drug-likeness (QED) is 0.488. The molecule has 7 heavy (non-hydrogen) atoms. The van der Waals surface area contributed by atoms with E-state index in [9.17, 15) is 9.90 Å². The van der Waals surface area contributed by atoms with Crippen LogP contribution in [0.4, 0.5) is 0 Å². The summed E-state index contributed by atoms with van der Waals surface area (Å²) < 4.78 is 0. The van der Waals surface area contributed by atoms with E-state index in [1.54, 1.807) is 6.92 Å². The Morgan fingerprint density at radius 1 is 2.00 bits per heavy atom. The predicted octanol–water partition coefficient (Wildman–Crippen LogP) is -0.698. The molecule has 3 heteroatoms. The van der Waals surface area contributed by atoms with Crippen molar-refractivity contribution in [2.75, 3.05) is 5.75 Å². The van der Waals surface area contributed by atoms with Crippen LogP contribution in [0.3, 0.4) is 0 Å². The first-order valence-corrected chi connectivity index (χ1v) is 2.63. The Balaban J connectivity index is 3.34. The maximum atomic E-state index is 9.77. The number of aliphatic carboxylic acids is 1. The molecule has 42 valence electrons. The van der Waals surface area contributed by atoms with Gasteiger partial charge in [-0.3, -0.25) is 0 Å². The van der Waals surface area contributed by atoms with Gasteiger partial charge in [0, 0.05) is 11.9 Å². The summed E-state index contributed by atoms with van der Waals surface area (Å²) in [5, 5.41) is 9.77. The number of carbonyl (C=O) groups is 1. The zero-order valence-electron chi connectivity index (χ0n) is 4.05. The summed E-state index contributed by atoms with van der Waals surface area (Å²) in [6, 6.07) is 0. The van der Waals surface area contributed by atoms with Crippen LogP contribution in [0, 0.1) is 5.92 Å². The van der Waals surface area contributed by atoms with Crippen LogP contribution in [0.2, 0.25) is 0 Å². The molecule has 0 saturated heterocycles. The van der Waals surface area contributed by atoms with E-state index >= 15 is 0 Å². The number of rotatable bonds is 2. The number of hydrogen-bond donors (Lipinski definition) is 1. The third-order valence-electron chi connectivity index (χ3n) is 0.676. The van der Waals surface area contributed by atoms with Crippen LogP contribution in [0.1, 0.15) is 6.92 Å². The Kier molecular flexibility index (Phi) is 2.83. The lowest BCUT2D eigenvalue weighted by Crippen LogP contribution is -2.30. The SMILES string of the molecule is CC(CS)C(=O)[O-]. The molecule has 0 spiro atoms. The van der Waals surface area contributed by atoms with Gasteiger partial charge in [0.2, 0.25) is 0 Å². The van der Waals surface area contributed by atoms with Crippen molar-refractivity contribution in [3.63, 3.8) is 0 Å². The van der Waals surface area contributed by atoms with E-state index in [0.717, 1.165) is 0 Å². The molecule has 0 aromatic heterocycles. The van der Waals surface area contributed by atoms with Gasteiger partial charge in [0.05, 0.1) is 0 Å². The van der Waals surface area contributed by atoms with Crippen molar-refractivity contribution in [3.8, 4) is 0 Å². The second kappa shape index (κ2) is 2.91. The molecule has 0 aliphatic heterocycles. The molecule has 1 unspecified atom stereocenters. The summed E-state index contributed by atoms with van der Waals surface area (Å²) in [6.45, 7) is 1.56. The Labute approximate surface area is 47.9 Å². The summed E-state index contributed by atoms with van der Waals surface area (Å²) in [5.74, 6) is -1.11. The summed E-state index contributed by atoms with van der Waals surface area (Å²) in [5.41, 5.74) is 0. The van der Waals surface area contributed by atoms with Gasteiger partial charge in [-0.1, -0.05) is 6.92 Å². The normalized spacial score (nSPS) is 13.4. The number of hydrogen-bond acceptors (Lipinski definition) is 3. The van der Waals surface area contributed by atoms with Crippen molar-refractivity contribution in [2.45, 2.75) is 6.92 Å². The van der Waals surface area contributed by atoms with Crippen LogP contribution in [-0.2, 0) is 4.79 Å². The fraction of sp³-hybridized carbons (Fsp3) is 0.750. The third kappa shape index (κ3) is 2.51. The molecule has 0 aliphatic rings. The van der Waals surface area contributed by atoms with Gasteiger partial charge in [-0.15, -0.1) is 0 Å². The van der Waals surface area contributed by atoms with Gasteiger partial charge in [0.1, 0.15) is 0 Å². The van der Waals surface area contributed by atoms with Crippen molar-refractivity contribution in [1.29, 1.82) is 0 Å². The number of thiol groups is 1. The molecular weight excluding hydrogens is 112 g/mol. The van der Waals surface area contributed by atoms with Gasteiger partial charge in [-0.2, -0.15) is 12.6 Å². The van der Waals surface area contributed by atoms with E-state index in [1.165, 1.54) is 0 Å². The van der Waals surface area contributed by atoms with Crippen molar-refractivity contribution < 1.29 is 9.90 Å². The van der Waals surface area contributed by atoms with Crippen LogP contribution in [0.25, 0.3) is 0 Å². The van der Waals surface area contributed by atoms with E-state index in [1.807, 2.05) is 0 Å². The average Bonchev–Trinajstić information content (AvgIpc) is 1.65. The fourth-order valence-corrected chi connectivity index (χ4v) is 0.224. The van der Waals surface area contributed by atoms with E-state index in [4.69, 9.17) is 0 Å². The molecule has 0 bridgehead atoms. The molecule has 0 radical (unpaired) electrons. The Bertz CT molecular complexity index is 72.1. The van der Waals surface area contributed by atoms with E-state index < -0.39 is 11.9 Å². The lowest BCUT2D eigenvalue weighted by molar-refractivity contribution is -0.310. The Morgan fingerprint density at radius 2 is 2.43 bits per heavy atom. The minimum Gasteiger partial charge on any atom is -0.550 e. The van der Waals surface area contributed by atoms with Gasteiger partial charge in [0.25, 0.3) is 0 Å². The molecule has 0 saturated carbocycles. The molecule has 0 amide bonds. The average molecular weight is 119 g/mol. The topological polar surface area (TPSA) is 40.1 Å². The summed E-state index contributed by atoms with van der Waals surface area (Å²) in [6.07, 6.45) is 0. The minimum absolute atomic E-state index is 0.350. The molecular formula is C4H7O2S-. The highest BCUT2D eigenvalue weighted by atomic mass is 32.1. The van der Waals surface area contributed by atoms with Crippen molar-refractivity contribution in [2.24, 2.45) is 5.92 Å². The molecule has 0 heterocycles. The van der Waals surface area contributed by atoms with E-state index in [2.05, 4.69) is 12.6 Å². The molecule has 0 N–H and O–H groups in total. The summed E-state index contributed by atoms with van der Waals surface area (Å²) >= 11 is 3.73. The van der Waals surface area contributed by atoms with Crippen molar-refractivity contribution in [1.82, 2.24) is 0 Å². The summed E-state index contributed by atoms with van der Waals surface area (Å²) in [4.78, 5) is 9.77. The first-order valence-electron chi connectivity index (χ1n) is 2.00. The fourth-order valence-electron chi connectivity index (χ4n) is 0.0745. The standard InChI is InChI=1S/C4H8O2S/c1-3(2-7)4(5)6/h3,7H,2H2,1H3,(H,5,6)/p-1. The van der Waals surface area contributed by atoms with Crippen LogP contribution < -0.4 is 5.11 Å². The van der Waals surface area contributed by atoms with Gasteiger partial charge >= 0.3 is 0 Å². The monoisotopic (exact) mass is 119 g/mol. The molecule has 0 rings (SSSR count). The molecule has 0 fully saturated rings. The third-order valence-corrected chi connectivity index (χ3v) is 1.22. The van der Waals surface area contributed by atoms with Gasteiger partial charge in [0.15, 0.2) is 0 Å². The maximum Gasteiger partial charge on any atom is 0.0450 e. The molecule has 0 aromatic rings. The van der Waals surface area contributed by atoms with Crippen molar-refractivity contribution in [3.05, 3.63) is 0 Å². The second-order valence-corrected chi connectivity index (χ2v) is 1.77. The highest BCUT2D eigenvalue weighted by Gasteiger charge is 1.95. The highest BCUT2D eigenvalue weighted by molar-refractivity contribution is 7.80. The largest absolute Gasteiger partial charge is 0.550 e. The van der Waals surface area contributed by atoms with E-state index in [-0.39, 0.29) is 0 Å². The molecule has 2 nitrogen and oxygen atoms in total. The van der Waals surface area contributed by atoms with Crippen LogP contribution >= 0.6 is 12.6 Å². The van der Waals surface area contributed by atoms with Crippen molar-refractivity contribution >= 4 is 18.6 Å². The smallest absolute Gasteiger partial charge is 0.0450 e. The van der Waals surface area contributed by atoms with Gasteiger partial charge in [-0.25, -0.2) is 0 Å². The first-order chi connectivity index (χ1) is 3.18. The van der Waals surface area contributed by atoms with Crippen LogP contribution in [0.5, 0.6) is 0 Å². The van der Waals surface area contributed by atoms with Gasteiger partial charge in [-0.05, 0) is 5.75 Å². The molecule has 0 aliphatic carbocycles. The highest BCUT2D eigenvalue weighted by Crippen LogP contribution is 1.92. The van der Waals surface area contributed by atoms with Crippen LogP contribution in [0.15, 0.2) is 0 Å². The number of carboxylic acids is 1. The lowest BCUT2D eigenvalue weighted by Gasteiger charge is -2.06. The van der Waals surface area contributed by atoms with E-state index in [0.29, 0.717) is 5.75 Å². The Hall–Kier alpha value is -0.180. The zero-order valence-corrected chi connectivity index (χ0v) is 4.94. The lowest BCUT2D eigenvalue weighted by atomic mass is 10.2. The maximum absolute atomic E-state index is 9.77. The number of carboxylic acid groups (broad SMARTS) is 1. The predicted molar refractivity (Wildman–Crippen MR) is 28.0 cm³/mol.